The molecule has 2 aromatic carbocycles. The second-order valence-electron chi connectivity index (χ2n) is 5.92. The third-order valence-corrected chi connectivity index (χ3v) is 3.72. The third kappa shape index (κ3) is 5.27. The molecule has 3 heteroatoms. The van der Waals surface area contributed by atoms with E-state index in [0.717, 1.165) is 6.32 Å². The smallest absolute Gasteiger partial charge is 0.106 e. The number of aromatic nitrogens is 2. The molecule has 1 aromatic heterocycles. The van der Waals surface area contributed by atoms with E-state index in [9.17, 15) is 0 Å². The molecule has 0 aliphatic rings. The maximum absolute atomic E-state index is 3.89. The molecule has 24 heavy (non-hydrogen) atoms. The van der Waals surface area contributed by atoms with E-state index in [-0.39, 0.29) is 0 Å². The zero-order valence-corrected chi connectivity index (χ0v) is 14.7. The molecule has 122 valence electrons. The Labute approximate surface area is 146 Å². The van der Waals surface area contributed by atoms with Crippen LogP contribution in [-0.2, 0) is 0 Å². The number of allylic oxidation sites excluding steroid dienone is 1. The Morgan fingerprint density at radius 3 is 1.88 bits per heavy atom. The third-order valence-electron chi connectivity index (χ3n) is 3.72. The molecule has 0 atom stereocenters. The van der Waals surface area contributed by atoms with Crippen LogP contribution in [0, 0.1) is 0 Å². The van der Waals surface area contributed by atoms with Gasteiger partial charge in [0.25, 0.3) is 0 Å². The van der Waals surface area contributed by atoms with Crippen molar-refractivity contribution in [3.05, 3.63) is 96.1 Å². The van der Waals surface area contributed by atoms with Crippen LogP contribution in [0.5, 0.6) is 0 Å². The zero-order valence-electron chi connectivity index (χ0n) is 14.7. The lowest BCUT2D eigenvalue weighted by atomic mass is 9.93. The van der Waals surface area contributed by atoms with Crippen LogP contribution in [0.25, 0.3) is 5.57 Å². The van der Waals surface area contributed by atoms with Crippen LogP contribution in [0.15, 0.2) is 79.3 Å². The van der Waals surface area contributed by atoms with Crippen LogP contribution in [0.1, 0.15) is 36.6 Å². The van der Waals surface area contributed by atoms with Gasteiger partial charge in [-0.25, -0.2) is 4.98 Å². The summed E-state index contributed by atoms with van der Waals surface area (Å²) in [6.07, 6.45) is 6.89. The van der Waals surface area contributed by atoms with Crippen molar-refractivity contribution in [2.45, 2.75) is 26.1 Å². The van der Waals surface area contributed by atoms with E-state index in [2.05, 4.69) is 98.4 Å². The van der Waals surface area contributed by atoms with Crippen LogP contribution in [-0.4, -0.2) is 17.8 Å². The molecule has 3 aromatic rings. The maximum atomic E-state index is 3.89. The van der Waals surface area contributed by atoms with Crippen LogP contribution in [0.4, 0.5) is 0 Å². The standard InChI is InChI=1S/C15H15B.C6H10N2/c16-12-11-15(13-7-3-1-4-8-13)14-9-5-2-6-10-14;1-5(2)6-3-7-4-8-6/h1-11H,12,16H2;3-5H,1-2H3,(H,7,8). The number of rotatable bonds is 4. The molecule has 1 N–H and O–H groups in total. The van der Waals surface area contributed by atoms with E-state index in [0.29, 0.717) is 5.92 Å². The molecule has 0 spiro atoms. The largest absolute Gasteiger partial charge is 0.348 e. The van der Waals surface area contributed by atoms with E-state index in [4.69, 9.17) is 0 Å². The van der Waals surface area contributed by atoms with Crippen molar-refractivity contribution < 1.29 is 0 Å². The van der Waals surface area contributed by atoms with Gasteiger partial charge < -0.3 is 4.98 Å². The van der Waals surface area contributed by atoms with Gasteiger partial charge in [0.05, 0.1) is 6.33 Å². The Kier molecular flexibility index (Phi) is 7.09. The fourth-order valence-electron chi connectivity index (χ4n) is 2.42. The Morgan fingerprint density at radius 1 is 1.00 bits per heavy atom. The lowest BCUT2D eigenvalue weighted by Gasteiger charge is -2.07. The van der Waals surface area contributed by atoms with Crippen molar-refractivity contribution in [3.8, 4) is 0 Å². The number of aromatic amines is 1. The van der Waals surface area contributed by atoms with Gasteiger partial charge in [-0.1, -0.05) is 86.9 Å². The predicted octanol–water partition coefficient (Wildman–Crippen LogP) is 4.70. The number of hydrogen-bond donors (Lipinski definition) is 1. The first-order valence-corrected chi connectivity index (χ1v) is 8.51. The maximum Gasteiger partial charge on any atom is 0.106 e. The van der Waals surface area contributed by atoms with Crippen LogP contribution >= 0.6 is 0 Å². The average Bonchev–Trinajstić information content (AvgIpc) is 3.17. The number of nitrogens with one attached hydrogen (secondary N) is 1. The predicted molar refractivity (Wildman–Crippen MR) is 106 cm³/mol. The number of H-pyrrole nitrogens is 1. The van der Waals surface area contributed by atoms with Gasteiger partial charge in [-0.15, -0.1) is 0 Å². The SMILES string of the molecule is BCC=C(c1ccccc1)c1ccccc1.CC(C)c1cnc[nH]1. The zero-order chi connectivity index (χ0) is 17.2. The van der Waals surface area contributed by atoms with Crippen molar-refractivity contribution in [3.63, 3.8) is 0 Å². The lowest BCUT2D eigenvalue weighted by Crippen LogP contribution is -1.87. The summed E-state index contributed by atoms with van der Waals surface area (Å²) in [5.74, 6) is 0.567. The Hall–Kier alpha value is -2.55. The van der Waals surface area contributed by atoms with Gasteiger partial charge in [0, 0.05) is 11.9 Å². The van der Waals surface area contributed by atoms with Crippen molar-refractivity contribution in [1.29, 1.82) is 0 Å². The highest BCUT2D eigenvalue weighted by atomic mass is 14.9. The van der Waals surface area contributed by atoms with Gasteiger partial charge in [-0.05, 0) is 22.6 Å². The van der Waals surface area contributed by atoms with Crippen molar-refractivity contribution in [2.24, 2.45) is 0 Å². The molecular weight excluding hydrogens is 291 g/mol. The number of nitrogens with zero attached hydrogens (tertiary/aromatic N) is 1. The Morgan fingerprint density at radius 2 is 1.54 bits per heavy atom. The minimum Gasteiger partial charge on any atom is -0.348 e. The monoisotopic (exact) mass is 316 g/mol. The topological polar surface area (TPSA) is 28.7 Å². The van der Waals surface area contributed by atoms with Crippen LogP contribution in [0.2, 0.25) is 6.32 Å². The van der Waals surface area contributed by atoms with Crippen molar-refractivity contribution >= 4 is 13.4 Å². The molecule has 3 rings (SSSR count). The number of imidazole rings is 1. The summed E-state index contributed by atoms with van der Waals surface area (Å²) < 4.78 is 0. The molecule has 0 amide bonds. The summed E-state index contributed by atoms with van der Waals surface area (Å²) >= 11 is 0. The molecule has 2 nitrogen and oxygen atoms in total. The first-order valence-electron chi connectivity index (χ1n) is 8.51. The summed E-state index contributed by atoms with van der Waals surface area (Å²) in [4.78, 5) is 6.91. The van der Waals surface area contributed by atoms with Gasteiger partial charge in [-0.2, -0.15) is 0 Å². The fraction of sp³-hybridized carbons (Fsp3) is 0.190. The average molecular weight is 316 g/mol. The first-order chi connectivity index (χ1) is 11.7. The van der Waals surface area contributed by atoms with E-state index in [1.807, 2.05) is 6.20 Å². The highest BCUT2D eigenvalue weighted by molar-refractivity contribution is 6.10. The van der Waals surface area contributed by atoms with Crippen molar-refractivity contribution in [2.75, 3.05) is 0 Å². The number of hydrogen-bond acceptors (Lipinski definition) is 1. The van der Waals surface area contributed by atoms with Gasteiger partial charge in [0.15, 0.2) is 0 Å². The lowest BCUT2D eigenvalue weighted by molar-refractivity contribution is 0.832. The highest BCUT2D eigenvalue weighted by Gasteiger charge is 2.02. The summed E-state index contributed by atoms with van der Waals surface area (Å²) in [5, 5.41) is 0. The molecule has 1 heterocycles. The summed E-state index contributed by atoms with van der Waals surface area (Å²) in [6, 6.07) is 21.1. The van der Waals surface area contributed by atoms with Gasteiger partial charge >= 0.3 is 0 Å². The van der Waals surface area contributed by atoms with Gasteiger partial charge in [-0.3, -0.25) is 0 Å². The van der Waals surface area contributed by atoms with Crippen molar-refractivity contribution in [1.82, 2.24) is 9.97 Å². The summed E-state index contributed by atoms with van der Waals surface area (Å²) in [6.45, 7) is 4.26. The normalized spacial score (nSPS) is 9.96. The minimum absolute atomic E-state index is 0.567. The molecule has 0 radical (unpaired) electrons. The van der Waals surface area contributed by atoms with Crippen LogP contribution in [0.3, 0.4) is 0 Å². The molecule has 0 unspecified atom stereocenters. The molecule has 0 bridgehead atoms. The Bertz CT molecular complexity index is 676. The summed E-state index contributed by atoms with van der Waals surface area (Å²) in [7, 11) is 2.17. The van der Waals surface area contributed by atoms with Gasteiger partial charge in [0.1, 0.15) is 7.85 Å². The first kappa shape index (κ1) is 17.8. The second-order valence-corrected chi connectivity index (χ2v) is 5.92. The second kappa shape index (κ2) is 9.56. The van der Waals surface area contributed by atoms with E-state index >= 15 is 0 Å². The Balaban J connectivity index is 0.000000219. The summed E-state index contributed by atoms with van der Waals surface area (Å²) in [5.41, 5.74) is 5.10. The van der Waals surface area contributed by atoms with E-state index in [1.54, 1.807) is 6.33 Å². The quantitative estimate of drug-likeness (QED) is 0.694. The molecule has 0 aliphatic heterocycles. The van der Waals surface area contributed by atoms with Gasteiger partial charge in [0.2, 0.25) is 0 Å². The minimum atomic E-state index is 0.567. The molecule has 0 saturated carbocycles. The number of benzene rings is 2. The molecule has 0 saturated heterocycles. The fourth-order valence-corrected chi connectivity index (χ4v) is 2.42. The molecular formula is C21H25BN2. The molecule has 0 aliphatic carbocycles. The van der Waals surface area contributed by atoms with E-state index in [1.165, 1.54) is 22.4 Å². The van der Waals surface area contributed by atoms with Crippen LogP contribution < -0.4 is 0 Å². The van der Waals surface area contributed by atoms with E-state index < -0.39 is 0 Å². The molecule has 0 fully saturated rings. The highest BCUT2D eigenvalue weighted by Crippen LogP contribution is 2.23.